The van der Waals surface area contributed by atoms with Crippen molar-refractivity contribution in [1.82, 2.24) is 9.21 Å². The Morgan fingerprint density at radius 2 is 2.00 bits per heavy atom. The minimum absolute atomic E-state index is 0.230. The Morgan fingerprint density at radius 3 is 2.67 bits per heavy atom. The predicted molar refractivity (Wildman–Crippen MR) is 97.3 cm³/mol. The van der Waals surface area contributed by atoms with Crippen molar-refractivity contribution in [1.29, 1.82) is 0 Å². The molecule has 1 aromatic rings. The Morgan fingerprint density at radius 1 is 1.25 bits per heavy atom. The molecule has 3 rings (SSSR count). The number of likely N-dealkylation sites (tertiary alicyclic amines) is 1. The molecule has 0 saturated carbocycles. The number of halogens is 1. The average molecular weight is 369 g/mol. The van der Waals surface area contributed by atoms with E-state index in [-0.39, 0.29) is 17.4 Å². The molecular formula is C18H25ClN2O2S. The van der Waals surface area contributed by atoms with Crippen LogP contribution < -0.4 is 0 Å². The lowest BCUT2D eigenvalue weighted by Crippen LogP contribution is -2.49. The summed E-state index contributed by atoms with van der Waals surface area (Å²) in [6.07, 6.45) is 2.67. The summed E-state index contributed by atoms with van der Waals surface area (Å²) in [7, 11) is -1.27. The molecule has 1 aromatic carbocycles. The van der Waals surface area contributed by atoms with Gasteiger partial charge in [-0.1, -0.05) is 17.7 Å². The van der Waals surface area contributed by atoms with E-state index in [4.69, 9.17) is 11.6 Å². The van der Waals surface area contributed by atoms with E-state index in [2.05, 4.69) is 13.8 Å². The molecule has 0 aromatic heterocycles. The van der Waals surface area contributed by atoms with Crippen molar-refractivity contribution in [2.75, 3.05) is 19.6 Å². The van der Waals surface area contributed by atoms with Crippen LogP contribution in [0.4, 0.5) is 0 Å². The molecule has 0 aliphatic carbocycles. The normalized spacial score (nSPS) is 26.5. The first-order valence-electron chi connectivity index (χ1n) is 8.59. The third-order valence-electron chi connectivity index (χ3n) is 5.35. The van der Waals surface area contributed by atoms with Crippen molar-refractivity contribution >= 4 is 28.5 Å². The highest BCUT2D eigenvalue weighted by Crippen LogP contribution is 2.42. The van der Waals surface area contributed by atoms with Gasteiger partial charge in [0, 0.05) is 30.7 Å². The molecule has 2 aliphatic heterocycles. The van der Waals surface area contributed by atoms with Gasteiger partial charge in [-0.3, -0.25) is 4.79 Å². The number of nitrogens with zero attached hydrogens (tertiary/aromatic N) is 2. The largest absolute Gasteiger partial charge is 0.340 e. The van der Waals surface area contributed by atoms with Crippen molar-refractivity contribution in [3.05, 3.63) is 28.8 Å². The molecule has 0 radical (unpaired) electrons. The third-order valence-corrected chi connectivity index (χ3v) is 7.36. The van der Waals surface area contributed by atoms with Crippen LogP contribution in [0, 0.1) is 12.3 Å². The molecule has 2 atom stereocenters. The molecule has 6 heteroatoms. The van der Waals surface area contributed by atoms with E-state index in [1.165, 1.54) is 0 Å². The van der Waals surface area contributed by atoms with Gasteiger partial charge in [0.05, 0.1) is 10.3 Å². The van der Waals surface area contributed by atoms with Crippen LogP contribution in [0.3, 0.4) is 0 Å². The number of piperidine rings is 1. The van der Waals surface area contributed by atoms with E-state index in [0.29, 0.717) is 11.6 Å². The number of benzene rings is 1. The van der Waals surface area contributed by atoms with Gasteiger partial charge < -0.3 is 4.90 Å². The monoisotopic (exact) mass is 368 g/mol. The molecule has 2 aliphatic rings. The fraction of sp³-hybridized carbons (Fsp3) is 0.611. The molecule has 24 heavy (non-hydrogen) atoms. The summed E-state index contributed by atoms with van der Waals surface area (Å²) in [4.78, 5) is 15.7. The molecule has 0 N–H and O–H groups in total. The lowest BCUT2D eigenvalue weighted by molar-refractivity contribution is -0.139. The Kier molecular flexibility index (Phi) is 5.05. The fourth-order valence-electron chi connectivity index (χ4n) is 3.87. The predicted octanol–water partition coefficient (Wildman–Crippen LogP) is 3.39. The Labute approximate surface area is 151 Å². The maximum absolute atomic E-state index is 13.1. The second kappa shape index (κ2) is 6.77. The first-order valence-corrected chi connectivity index (χ1v) is 10.1. The highest BCUT2D eigenvalue weighted by Gasteiger charge is 2.50. The maximum Gasteiger partial charge on any atom is 0.230 e. The van der Waals surface area contributed by atoms with Gasteiger partial charge in [0.1, 0.15) is 11.0 Å². The van der Waals surface area contributed by atoms with Crippen LogP contribution in [-0.4, -0.2) is 45.0 Å². The van der Waals surface area contributed by atoms with Gasteiger partial charge in [-0.05, 0) is 57.7 Å². The zero-order chi connectivity index (χ0) is 17.5. The number of hydrogen-bond acceptors (Lipinski definition) is 2. The van der Waals surface area contributed by atoms with Crippen LogP contribution in [0.2, 0.25) is 5.02 Å². The minimum Gasteiger partial charge on any atom is -0.340 e. The van der Waals surface area contributed by atoms with E-state index in [9.17, 15) is 9.00 Å². The summed E-state index contributed by atoms with van der Waals surface area (Å²) in [5.74, 6) is 0.238. The van der Waals surface area contributed by atoms with Gasteiger partial charge in [-0.25, -0.2) is 8.51 Å². The average Bonchev–Trinajstić information content (AvgIpc) is 2.86. The van der Waals surface area contributed by atoms with Crippen molar-refractivity contribution in [2.45, 2.75) is 51.0 Å². The maximum atomic E-state index is 13.1. The first kappa shape index (κ1) is 17.9. The van der Waals surface area contributed by atoms with Crippen LogP contribution >= 0.6 is 11.6 Å². The number of hydrogen-bond donors (Lipinski definition) is 0. The van der Waals surface area contributed by atoms with E-state index >= 15 is 0 Å². The van der Waals surface area contributed by atoms with E-state index in [1.807, 2.05) is 34.3 Å². The van der Waals surface area contributed by atoms with Crippen molar-refractivity contribution in [3.8, 4) is 0 Å². The van der Waals surface area contributed by atoms with Gasteiger partial charge in [0.2, 0.25) is 5.91 Å². The highest BCUT2D eigenvalue weighted by molar-refractivity contribution is 7.82. The zero-order valence-corrected chi connectivity index (χ0v) is 16.1. The fourth-order valence-corrected chi connectivity index (χ4v) is 5.60. The Bertz CT molecular complexity index is 679. The summed E-state index contributed by atoms with van der Waals surface area (Å²) in [5, 5.41) is 0.635. The summed E-state index contributed by atoms with van der Waals surface area (Å²) in [6.45, 7) is 8.17. The highest BCUT2D eigenvalue weighted by atomic mass is 35.5. The zero-order valence-electron chi connectivity index (χ0n) is 14.5. The smallest absolute Gasteiger partial charge is 0.230 e. The molecule has 2 heterocycles. The van der Waals surface area contributed by atoms with Crippen LogP contribution in [0.5, 0.6) is 0 Å². The third kappa shape index (κ3) is 3.02. The number of carbonyl (C=O) groups excluding carboxylic acids is 1. The van der Waals surface area contributed by atoms with Gasteiger partial charge in [0.15, 0.2) is 0 Å². The molecule has 4 nitrogen and oxygen atoms in total. The van der Waals surface area contributed by atoms with E-state index < -0.39 is 11.0 Å². The van der Waals surface area contributed by atoms with Crippen molar-refractivity contribution in [3.63, 3.8) is 0 Å². The quantitative estimate of drug-likeness (QED) is 0.820. The summed E-state index contributed by atoms with van der Waals surface area (Å²) >= 11 is 6.18. The molecule has 132 valence electrons. The van der Waals surface area contributed by atoms with Gasteiger partial charge in [-0.2, -0.15) is 0 Å². The number of amides is 1. The van der Waals surface area contributed by atoms with Crippen LogP contribution in [0.25, 0.3) is 0 Å². The van der Waals surface area contributed by atoms with Gasteiger partial charge >= 0.3 is 0 Å². The summed E-state index contributed by atoms with van der Waals surface area (Å²) in [6, 6.07) is 5.75. The molecule has 1 amide bonds. The second-order valence-electron chi connectivity index (χ2n) is 7.20. The minimum atomic E-state index is -1.27. The van der Waals surface area contributed by atoms with E-state index in [0.717, 1.165) is 42.8 Å². The Balaban J connectivity index is 1.83. The van der Waals surface area contributed by atoms with Gasteiger partial charge in [0.25, 0.3) is 0 Å². The Hall–Kier alpha value is -0.910. The summed E-state index contributed by atoms with van der Waals surface area (Å²) < 4.78 is 15.1. The topological polar surface area (TPSA) is 40.6 Å². The molecule has 0 bridgehead atoms. The first-order chi connectivity index (χ1) is 11.4. The van der Waals surface area contributed by atoms with Crippen LogP contribution in [0.15, 0.2) is 23.1 Å². The number of carbonyl (C=O) groups is 1. The van der Waals surface area contributed by atoms with E-state index in [1.54, 1.807) is 0 Å². The molecule has 1 spiro atoms. The second-order valence-corrected chi connectivity index (χ2v) is 9.06. The van der Waals surface area contributed by atoms with Crippen molar-refractivity contribution in [2.24, 2.45) is 5.41 Å². The lowest BCUT2D eigenvalue weighted by Gasteiger charge is -2.38. The number of rotatable bonds is 3. The van der Waals surface area contributed by atoms with Crippen LogP contribution in [0.1, 0.15) is 38.7 Å². The molecule has 2 saturated heterocycles. The lowest BCUT2D eigenvalue weighted by atomic mass is 9.79. The van der Waals surface area contributed by atoms with Gasteiger partial charge in [-0.15, -0.1) is 0 Å². The molecule has 2 fully saturated rings. The SMILES string of the molecule is Cc1c(Cl)cccc1S(=O)N1CCCC2(CCN(C(C)C)C2=O)C1. The summed E-state index contributed by atoms with van der Waals surface area (Å²) in [5.41, 5.74) is 0.503. The van der Waals surface area contributed by atoms with Crippen LogP contribution in [-0.2, 0) is 15.8 Å². The molecular weight excluding hydrogens is 344 g/mol. The molecule has 2 unspecified atom stereocenters. The standard InChI is InChI=1S/C18H25ClN2O2S/c1-13(2)21-11-9-18(17(21)22)8-5-10-20(12-18)24(23)16-7-4-6-15(19)14(16)3/h4,6-7,13H,5,8-12H2,1-3H3. The van der Waals surface area contributed by atoms with Crippen molar-refractivity contribution < 1.29 is 9.00 Å².